The number of sulfonamides is 1. The van der Waals surface area contributed by atoms with Crippen molar-refractivity contribution in [3.63, 3.8) is 0 Å². The van der Waals surface area contributed by atoms with Crippen LogP contribution >= 0.6 is 0 Å². The first kappa shape index (κ1) is 21.8. The third-order valence-electron chi connectivity index (χ3n) is 5.02. The molecule has 1 aliphatic heterocycles. The molecular weight excluding hydrogens is 364 g/mol. The Morgan fingerprint density at radius 1 is 1.04 bits per heavy atom. The quantitative estimate of drug-likeness (QED) is 0.654. The first-order valence-corrected chi connectivity index (χ1v) is 11.0. The summed E-state index contributed by atoms with van der Waals surface area (Å²) in [4.78, 5) is 18.9. The van der Waals surface area contributed by atoms with Crippen LogP contribution in [0.4, 0.5) is 0 Å². The molecule has 1 saturated heterocycles. The van der Waals surface area contributed by atoms with Gasteiger partial charge in [-0.05, 0) is 31.5 Å². The molecule has 0 aliphatic carbocycles. The first-order chi connectivity index (χ1) is 12.8. The molecule has 152 valence electrons. The van der Waals surface area contributed by atoms with E-state index in [2.05, 4.69) is 9.80 Å². The van der Waals surface area contributed by atoms with Crippen LogP contribution in [0.1, 0.15) is 19.4 Å². The van der Waals surface area contributed by atoms with Gasteiger partial charge in [0.05, 0.1) is 11.4 Å². The van der Waals surface area contributed by atoms with Gasteiger partial charge in [0.15, 0.2) is 0 Å². The van der Waals surface area contributed by atoms with Crippen LogP contribution in [0.2, 0.25) is 0 Å². The molecule has 0 spiro atoms. The summed E-state index contributed by atoms with van der Waals surface area (Å²) < 4.78 is 25.8. The fraction of sp³-hybridized carbons (Fsp3) is 0.632. The van der Waals surface area contributed by atoms with E-state index in [1.54, 1.807) is 32.3 Å². The Morgan fingerprint density at radius 2 is 1.63 bits per heavy atom. The Balaban J connectivity index is 1.90. The maximum atomic E-state index is 12.3. The highest BCUT2D eigenvalue weighted by atomic mass is 32.2. The van der Waals surface area contributed by atoms with Gasteiger partial charge in [0.2, 0.25) is 15.9 Å². The van der Waals surface area contributed by atoms with Crippen molar-refractivity contribution in [3.05, 3.63) is 29.8 Å². The van der Waals surface area contributed by atoms with E-state index in [1.165, 1.54) is 4.31 Å². The van der Waals surface area contributed by atoms with Gasteiger partial charge in [-0.15, -0.1) is 0 Å². The fourth-order valence-corrected chi connectivity index (χ4v) is 4.22. The van der Waals surface area contributed by atoms with Crippen LogP contribution in [0.25, 0.3) is 0 Å². The summed E-state index contributed by atoms with van der Waals surface area (Å²) in [6, 6.07) is 7.15. The predicted molar refractivity (Wildman–Crippen MR) is 107 cm³/mol. The van der Waals surface area contributed by atoms with E-state index in [9.17, 15) is 13.2 Å². The van der Waals surface area contributed by atoms with Crippen molar-refractivity contribution in [1.29, 1.82) is 0 Å². The minimum atomic E-state index is -3.41. The van der Waals surface area contributed by atoms with Crippen LogP contribution < -0.4 is 0 Å². The standard InChI is InChI=1S/C19H32N4O3S/c1-5-23(6-2)19(24)16-22-12-10-21(11-13-22)15-17-8-7-9-18(14-17)27(25,26)20(3)4/h7-9,14H,5-6,10-13,15-16H2,1-4H3. The topological polar surface area (TPSA) is 64.2 Å². The number of piperazine rings is 1. The molecule has 7 nitrogen and oxygen atoms in total. The second kappa shape index (κ2) is 9.64. The van der Waals surface area contributed by atoms with E-state index < -0.39 is 10.0 Å². The lowest BCUT2D eigenvalue weighted by Gasteiger charge is -2.35. The summed E-state index contributed by atoms with van der Waals surface area (Å²) in [5.74, 6) is 0.190. The van der Waals surface area contributed by atoms with Crippen molar-refractivity contribution < 1.29 is 13.2 Å². The zero-order chi connectivity index (χ0) is 20.0. The maximum absolute atomic E-state index is 12.3. The molecule has 0 unspecified atom stereocenters. The summed E-state index contributed by atoms with van der Waals surface area (Å²) >= 11 is 0. The number of likely N-dealkylation sites (N-methyl/N-ethyl adjacent to an activating group) is 1. The Kier molecular flexibility index (Phi) is 7.79. The molecule has 0 bridgehead atoms. The molecular formula is C19H32N4O3S. The van der Waals surface area contributed by atoms with E-state index >= 15 is 0 Å². The van der Waals surface area contributed by atoms with Crippen LogP contribution in [0.3, 0.4) is 0 Å². The fourth-order valence-electron chi connectivity index (χ4n) is 3.25. The van der Waals surface area contributed by atoms with E-state index in [1.807, 2.05) is 24.8 Å². The SMILES string of the molecule is CCN(CC)C(=O)CN1CCN(Cc2cccc(S(=O)(=O)N(C)C)c2)CC1. The molecule has 1 aliphatic rings. The summed E-state index contributed by atoms with van der Waals surface area (Å²) in [5, 5.41) is 0. The minimum Gasteiger partial charge on any atom is -0.342 e. The normalized spacial score (nSPS) is 16.6. The average molecular weight is 397 g/mol. The van der Waals surface area contributed by atoms with Gasteiger partial charge >= 0.3 is 0 Å². The van der Waals surface area contributed by atoms with Crippen LogP contribution in [-0.4, -0.2) is 93.2 Å². The van der Waals surface area contributed by atoms with Gasteiger partial charge in [-0.3, -0.25) is 14.6 Å². The Morgan fingerprint density at radius 3 is 2.19 bits per heavy atom. The van der Waals surface area contributed by atoms with E-state index in [0.29, 0.717) is 18.0 Å². The number of benzene rings is 1. The molecule has 1 heterocycles. The first-order valence-electron chi connectivity index (χ1n) is 9.51. The third-order valence-corrected chi connectivity index (χ3v) is 6.83. The van der Waals surface area contributed by atoms with Crippen LogP contribution in [0.5, 0.6) is 0 Å². The number of hydrogen-bond acceptors (Lipinski definition) is 5. The highest BCUT2D eigenvalue weighted by Crippen LogP contribution is 2.17. The molecule has 1 aromatic carbocycles. The number of rotatable bonds is 8. The molecule has 27 heavy (non-hydrogen) atoms. The summed E-state index contributed by atoms with van der Waals surface area (Å²) in [7, 11) is -0.327. The molecule has 1 fully saturated rings. The summed E-state index contributed by atoms with van der Waals surface area (Å²) in [6.45, 7) is 10.1. The van der Waals surface area contributed by atoms with Gasteiger partial charge in [-0.25, -0.2) is 12.7 Å². The van der Waals surface area contributed by atoms with Crippen molar-refractivity contribution >= 4 is 15.9 Å². The molecule has 1 aromatic rings. The average Bonchev–Trinajstić information content (AvgIpc) is 2.64. The number of carbonyl (C=O) groups is 1. The molecule has 2 rings (SSSR count). The van der Waals surface area contributed by atoms with Crippen LogP contribution in [0, 0.1) is 0 Å². The van der Waals surface area contributed by atoms with E-state index in [0.717, 1.165) is 44.8 Å². The second-order valence-corrected chi connectivity index (χ2v) is 9.20. The number of carbonyl (C=O) groups excluding carboxylic acids is 1. The largest absolute Gasteiger partial charge is 0.342 e. The van der Waals surface area contributed by atoms with Gasteiger partial charge in [0.1, 0.15) is 0 Å². The van der Waals surface area contributed by atoms with Crippen molar-refractivity contribution in [3.8, 4) is 0 Å². The predicted octanol–water partition coefficient (Wildman–Crippen LogP) is 0.923. The van der Waals surface area contributed by atoms with Crippen LogP contribution in [0.15, 0.2) is 29.2 Å². The molecule has 0 saturated carbocycles. The van der Waals surface area contributed by atoms with E-state index in [-0.39, 0.29) is 5.91 Å². The number of amides is 1. The Bertz CT molecular complexity index is 724. The summed E-state index contributed by atoms with van der Waals surface area (Å²) in [6.07, 6.45) is 0. The zero-order valence-corrected chi connectivity index (χ0v) is 17.7. The third kappa shape index (κ3) is 5.75. The van der Waals surface area contributed by atoms with Gasteiger partial charge in [-0.2, -0.15) is 0 Å². The molecule has 0 atom stereocenters. The highest BCUT2D eigenvalue weighted by Gasteiger charge is 2.22. The van der Waals surface area contributed by atoms with Crippen molar-refractivity contribution in [1.82, 2.24) is 19.0 Å². The van der Waals surface area contributed by atoms with Crippen molar-refractivity contribution in [2.24, 2.45) is 0 Å². The summed E-state index contributed by atoms with van der Waals surface area (Å²) in [5.41, 5.74) is 0.991. The Hall–Kier alpha value is -1.48. The lowest BCUT2D eigenvalue weighted by atomic mass is 10.2. The monoisotopic (exact) mass is 396 g/mol. The van der Waals surface area contributed by atoms with Gasteiger partial charge < -0.3 is 4.90 Å². The lowest BCUT2D eigenvalue weighted by Crippen LogP contribution is -2.49. The highest BCUT2D eigenvalue weighted by molar-refractivity contribution is 7.89. The molecule has 8 heteroatoms. The molecule has 0 N–H and O–H groups in total. The van der Waals surface area contributed by atoms with Crippen molar-refractivity contribution in [2.75, 3.05) is 59.9 Å². The van der Waals surface area contributed by atoms with Gasteiger partial charge in [0.25, 0.3) is 0 Å². The molecule has 0 radical (unpaired) electrons. The zero-order valence-electron chi connectivity index (χ0n) is 16.9. The van der Waals surface area contributed by atoms with Crippen LogP contribution in [-0.2, 0) is 21.4 Å². The number of nitrogens with zero attached hydrogens (tertiary/aromatic N) is 4. The van der Waals surface area contributed by atoms with Gasteiger partial charge in [0, 0.05) is 59.9 Å². The van der Waals surface area contributed by atoms with Crippen molar-refractivity contribution in [2.45, 2.75) is 25.3 Å². The minimum absolute atomic E-state index is 0.190. The second-order valence-electron chi connectivity index (χ2n) is 7.05. The number of hydrogen-bond donors (Lipinski definition) is 0. The molecule has 1 amide bonds. The Labute approximate surface area is 163 Å². The van der Waals surface area contributed by atoms with Gasteiger partial charge in [-0.1, -0.05) is 12.1 Å². The maximum Gasteiger partial charge on any atom is 0.242 e. The van der Waals surface area contributed by atoms with E-state index in [4.69, 9.17) is 0 Å². The lowest BCUT2D eigenvalue weighted by molar-refractivity contribution is -0.132. The molecule has 0 aromatic heterocycles. The smallest absolute Gasteiger partial charge is 0.242 e.